The summed E-state index contributed by atoms with van der Waals surface area (Å²) < 4.78 is 11.1. The van der Waals surface area contributed by atoms with E-state index in [4.69, 9.17) is 9.47 Å². The minimum absolute atomic E-state index is 0.0185. The van der Waals surface area contributed by atoms with Gasteiger partial charge in [0.2, 0.25) is 5.91 Å². The van der Waals surface area contributed by atoms with Crippen molar-refractivity contribution in [2.75, 3.05) is 24.7 Å². The number of ether oxygens (including phenoxy) is 2. The number of nitrogens with one attached hydrogen (secondary N) is 1. The summed E-state index contributed by atoms with van der Waals surface area (Å²) in [6.07, 6.45) is 0.278. The molecule has 1 N–H and O–H groups in total. The molecule has 1 atom stereocenters. The zero-order valence-electron chi connectivity index (χ0n) is 17.0. The van der Waals surface area contributed by atoms with E-state index in [1.807, 2.05) is 42.5 Å². The normalized spacial score (nSPS) is 18.7. The van der Waals surface area contributed by atoms with E-state index in [0.717, 1.165) is 5.69 Å². The van der Waals surface area contributed by atoms with Gasteiger partial charge in [0.15, 0.2) is 11.5 Å². The van der Waals surface area contributed by atoms with E-state index >= 15 is 0 Å². The lowest BCUT2D eigenvalue weighted by atomic mass is 9.86. The molecule has 6 nitrogen and oxygen atoms in total. The smallest absolute Gasteiger partial charge is 0.251 e. The van der Waals surface area contributed by atoms with Crippen molar-refractivity contribution >= 4 is 17.5 Å². The highest BCUT2D eigenvalue weighted by Crippen LogP contribution is 2.35. The molecular weight excluding hydrogens is 368 g/mol. The van der Waals surface area contributed by atoms with Crippen molar-refractivity contribution in [2.45, 2.75) is 38.6 Å². The van der Waals surface area contributed by atoms with Gasteiger partial charge in [0.1, 0.15) is 13.2 Å². The van der Waals surface area contributed by atoms with Crippen LogP contribution in [0.3, 0.4) is 0 Å². The van der Waals surface area contributed by atoms with Crippen molar-refractivity contribution in [3.05, 3.63) is 53.6 Å². The Morgan fingerprint density at radius 2 is 1.72 bits per heavy atom. The third-order valence-electron chi connectivity index (χ3n) is 5.31. The van der Waals surface area contributed by atoms with Crippen LogP contribution in [0.1, 0.15) is 43.1 Å². The van der Waals surface area contributed by atoms with Crippen molar-refractivity contribution in [3.63, 3.8) is 0 Å². The molecule has 2 aliphatic rings. The molecule has 1 saturated heterocycles. The van der Waals surface area contributed by atoms with Crippen LogP contribution in [0, 0.1) is 0 Å². The van der Waals surface area contributed by atoms with Gasteiger partial charge in [-0.1, -0.05) is 32.9 Å². The van der Waals surface area contributed by atoms with Crippen LogP contribution >= 0.6 is 0 Å². The quantitative estimate of drug-likeness (QED) is 0.867. The monoisotopic (exact) mass is 394 g/mol. The van der Waals surface area contributed by atoms with Crippen LogP contribution in [0.2, 0.25) is 0 Å². The van der Waals surface area contributed by atoms with Crippen LogP contribution in [0.15, 0.2) is 42.5 Å². The standard InChI is InChI=1S/C23H26N2O4/c1-23(2,3)16-6-4-15(5-7-16)22(27)24-17-12-21(26)25(14-17)18-8-9-19-20(13-18)29-11-10-28-19/h4-9,13,17H,10-12,14H2,1-3H3,(H,24,27). The summed E-state index contributed by atoms with van der Waals surface area (Å²) in [5, 5.41) is 2.99. The number of anilines is 1. The second-order valence-electron chi connectivity index (χ2n) is 8.53. The lowest BCUT2D eigenvalue weighted by Gasteiger charge is -2.22. The van der Waals surface area contributed by atoms with Crippen LogP contribution in [0.25, 0.3) is 0 Å². The number of hydrogen-bond donors (Lipinski definition) is 1. The Morgan fingerprint density at radius 3 is 2.41 bits per heavy atom. The Bertz CT molecular complexity index is 931. The number of rotatable bonds is 3. The second-order valence-corrected chi connectivity index (χ2v) is 8.53. The minimum atomic E-state index is -0.231. The average Bonchev–Trinajstić information content (AvgIpc) is 3.07. The molecule has 0 aliphatic carbocycles. The molecule has 6 heteroatoms. The first-order chi connectivity index (χ1) is 13.8. The van der Waals surface area contributed by atoms with Crippen molar-refractivity contribution in [3.8, 4) is 11.5 Å². The largest absolute Gasteiger partial charge is 0.486 e. The van der Waals surface area contributed by atoms with E-state index in [1.165, 1.54) is 5.56 Å². The van der Waals surface area contributed by atoms with E-state index in [-0.39, 0.29) is 29.7 Å². The van der Waals surface area contributed by atoms with Crippen LogP contribution in [0.4, 0.5) is 5.69 Å². The fourth-order valence-corrected chi connectivity index (χ4v) is 3.64. The van der Waals surface area contributed by atoms with Crippen molar-refractivity contribution in [1.29, 1.82) is 0 Å². The van der Waals surface area contributed by atoms with Gasteiger partial charge in [-0.2, -0.15) is 0 Å². The molecule has 1 unspecified atom stereocenters. The maximum Gasteiger partial charge on any atom is 0.251 e. The van der Waals surface area contributed by atoms with Gasteiger partial charge in [-0.15, -0.1) is 0 Å². The van der Waals surface area contributed by atoms with Gasteiger partial charge >= 0.3 is 0 Å². The zero-order chi connectivity index (χ0) is 20.6. The summed E-state index contributed by atoms with van der Waals surface area (Å²) >= 11 is 0. The molecule has 2 heterocycles. The molecule has 152 valence electrons. The molecule has 0 aromatic heterocycles. The number of carbonyl (C=O) groups excluding carboxylic acids is 2. The van der Waals surface area contributed by atoms with Crippen LogP contribution in [0.5, 0.6) is 11.5 Å². The van der Waals surface area contributed by atoms with Gasteiger partial charge in [-0.25, -0.2) is 0 Å². The predicted molar refractivity (Wildman–Crippen MR) is 111 cm³/mol. The molecule has 0 saturated carbocycles. The van der Waals surface area contributed by atoms with Gasteiger partial charge in [0.25, 0.3) is 5.91 Å². The fraction of sp³-hybridized carbons (Fsp3) is 0.391. The molecule has 0 radical (unpaired) electrons. The van der Waals surface area contributed by atoms with Crippen LogP contribution < -0.4 is 19.7 Å². The number of amides is 2. The fourth-order valence-electron chi connectivity index (χ4n) is 3.64. The third-order valence-corrected chi connectivity index (χ3v) is 5.31. The minimum Gasteiger partial charge on any atom is -0.486 e. The maximum absolute atomic E-state index is 12.6. The lowest BCUT2D eigenvalue weighted by molar-refractivity contribution is -0.117. The Kier molecular flexibility index (Phi) is 4.94. The highest BCUT2D eigenvalue weighted by Gasteiger charge is 2.32. The summed E-state index contributed by atoms with van der Waals surface area (Å²) in [5.74, 6) is 1.16. The Labute approximate surface area is 170 Å². The highest BCUT2D eigenvalue weighted by molar-refractivity contribution is 5.99. The molecule has 2 aromatic carbocycles. The highest BCUT2D eigenvalue weighted by atomic mass is 16.6. The van der Waals surface area contributed by atoms with E-state index in [0.29, 0.717) is 36.8 Å². The Balaban J connectivity index is 1.42. The Morgan fingerprint density at radius 1 is 1.03 bits per heavy atom. The molecule has 29 heavy (non-hydrogen) atoms. The summed E-state index contributed by atoms with van der Waals surface area (Å²) in [7, 11) is 0. The Hall–Kier alpha value is -3.02. The molecular formula is C23H26N2O4. The van der Waals surface area contributed by atoms with E-state index in [2.05, 4.69) is 26.1 Å². The summed E-state index contributed by atoms with van der Waals surface area (Å²) in [5.41, 5.74) is 2.57. The molecule has 1 fully saturated rings. The molecule has 0 bridgehead atoms. The van der Waals surface area contributed by atoms with E-state index in [9.17, 15) is 9.59 Å². The average molecular weight is 394 g/mol. The lowest BCUT2D eigenvalue weighted by Crippen LogP contribution is -2.37. The van der Waals surface area contributed by atoms with Gasteiger partial charge < -0.3 is 19.7 Å². The third kappa shape index (κ3) is 4.06. The first-order valence-corrected chi connectivity index (χ1v) is 9.93. The van der Waals surface area contributed by atoms with Gasteiger partial charge in [-0.05, 0) is 35.2 Å². The number of hydrogen-bond acceptors (Lipinski definition) is 4. The SMILES string of the molecule is CC(C)(C)c1ccc(C(=O)NC2CC(=O)N(c3ccc4c(c3)OCCO4)C2)cc1. The summed E-state index contributed by atoms with van der Waals surface area (Å²) in [6.45, 7) is 7.87. The number of nitrogens with zero attached hydrogens (tertiary/aromatic N) is 1. The van der Waals surface area contributed by atoms with Crippen molar-refractivity contribution < 1.29 is 19.1 Å². The number of benzene rings is 2. The van der Waals surface area contributed by atoms with E-state index < -0.39 is 0 Å². The first kappa shape index (κ1) is 19.3. The topological polar surface area (TPSA) is 67.9 Å². The summed E-state index contributed by atoms with van der Waals surface area (Å²) in [6, 6.07) is 12.9. The summed E-state index contributed by atoms with van der Waals surface area (Å²) in [4.78, 5) is 26.8. The van der Waals surface area contributed by atoms with Crippen LogP contribution in [-0.2, 0) is 10.2 Å². The molecule has 4 rings (SSSR count). The molecule has 0 spiro atoms. The van der Waals surface area contributed by atoms with Gasteiger partial charge in [-0.3, -0.25) is 9.59 Å². The van der Waals surface area contributed by atoms with Crippen molar-refractivity contribution in [1.82, 2.24) is 5.32 Å². The van der Waals surface area contributed by atoms with Crippen molar-refractivity contribution in [2.24, 2.45) is 0 Å². The molecule has 2 amide bonds. The number of carbonyl (C=O) groups is 2. The molecule has 2 aromatic rings. The van der Waals surface area contributed by atoms with Gasteiger partial charge in [0.05, 0.1) is 6.04 Å². The maximum atomic E-state index is 12.6. The van der Waals surface area contributed by atoms with Crippen LogP contribution in [-0.4, -0.2) is 37.6 Å². The predicted octanol–water partition coefficient (Wildman–Crippen LogP) is 3.29. The zero-order valence-corrected chi connectivity index (χ0v) is 17.0. The second kappa shape index (κ2) is 7.43. The van der Waals surface area contributed by atoms with Gasteiger partial charge in [0, 0.05) is 30.3 Å². The first-order valence-electron chi connectivity index (χ1n) is 9.93. The van der Waals surface area contributed by atoms with E-state index in [1.54, 1.807) is 4.90 Å². The molecule has 2 aliphatic heterocycles. The number of fused-ring (bicyclic) bond motifs is 1.